The molecule has 2 unspecified atom stereocenters. The first-order chi connectivity index (χ1) is 7.40. The zero-order valence-electron chi connectivity index (χ0n) is 10.0. The second-order valence-corrected chi connectivity index (χ2v) is 3.99. The minimum atomic E-state index is -4.09. The molecule has 2 nitrogen and oxygen atoms in total. The molecule has 0 saturated heterocycles. The predicted molar refractivity (Wildman–Crippen MR) is 58.2 cm³/mol. The maximum absolute atomic E-state index is 11.9. The van der Waals surface area contributed by atoms with Crippen LogP contribution in [0.25, 0.3) is 0 Å². The summed E-state index contributed by atoms with van der Waals surface area (Å²) in [4.78, 5) is 0. The van der Waals surface area contributed by atoms with Crippen LogP contribution in [-0.4, -0.2) is 24.9 Å². The summed E-state index contributed by atoms with van der Waals surface area (Å²) in [5.41, 5.74) is 5.86. The molecule has 0 spiro atoms. The Morgan fingerprint density at radius 3 is 2.31 bits per heavy atom. The SMILES string of the molecule is CCCC(N)C(CC)OCCCC(F)(F)F. The summed E-state index contributed by atoms with van der Waals surface area (Å²) in [7, 11) is 0. The first kappa shape index (κ1) is 15.7. The molecular weight excluding hydrogens is 219 g/mol. The van der Waals surface area contributed by atoms with Crippen molar-refractivity contribution in [2.24, 2.45) is 5.73 Å². The van der Waals surface area contributed by atoms with Gasteiger partial charge in [-0.2, -0.15) is 13.2 Å². The van der Waals surface area contributed by atoms with E-state index >= 15 is 0 Å². The van der Waals surface area contributed by atoms with E-state index in [1.165, 1.54) is 0 Å². The van der Waals surface area contributed by atoms with Crippen molar-refractivity contribution in [3.63, 3.8) is 0 Å². The fraction of sp³-hybridized carbons (Fsp3) is 1.00. The predicted octanol–water partition coefficient (Wildman–Crippen LogP) is 3.25. The second-order valence-electron chi connectivity index (χ2n) is 3.99. The molecule has 0 aliphatic rings. The normalized spacial score (nSPS) is 16.1. The molecule has 2 atom stereocenters. The smallest absolute Gasteiger partial charge is 0.377 e. The van der Waals surface area contributed by atoms with Gasteiger partial charge in [-0.1, -0.05) is 20.3 Å². The van der Waals surface area contributed by atoms with Gasteiger partial charge in [-0.05, 0) is 19.3 Å². The molecule has 0 saturated carbocycles. The molecule has 98 valence electrons. The summed E-state index contributed by atoms with van der Waals surface area (Å²) in [5.74, 6) is 0. The quantitative estimate of drug-likeness (QED) is 0.662. The van der Waals surface area contributed by atoms with Crippen molar-refractivity contribution in [1.29, 1.82) is 0 Å². The van der Waals surface area contributed by atoms with E-state index in [4.69, 9.17) is 10.5 Å². The highest BCUT2D eigenvalue weighted by Gasteiger charge is 2.26. The van der Waals surface area contributed by atoms with E-state index in [1.807, 2.05) is 13.8 Å². The Morgan fingerprint density at radius 2 is 1.88 bits per heavy atom. The van der Waals surface area contributed by atoms with Crippen LogP contribution in [0.4, 0.5) is 13.2 Å². The third kappa shape index (κ3) is 7.93. The summed E-state index contributed by atoms with van der Waals surface area (Å²) in [6.45, 7) is 4.09. The molecule has 0 aromatic heterocycles. The van der Waals surface area contributed by atoms with Gasteiger partial charge in [0.05, 0.1) is 6.10 Å². The van der Waals surface area contributed by atoms with E-state index in [-0.39, 0.29) is 25.2 Å². The molecule has 0 heterocycles. The van der Waals surface area contributed by atoms with Crippen LogP contribution in [0.3, 0.4) is 0 Å². The molecule has 16 heavy (non-hydrogen) atoms. The van der Waals surface area contributed by atoms with Gasteiger partial charge in [0.1, 0.15) is 0 Å². The van der Waals surface area contributed by atoms with Crippen LogP contribution in [0, 0.1) is 0 Å². The Hall–Kier alpha value is -0.290. The van der Waals surface area contributed by atoms with Crippen LogP contribution in [0.15, 0.2) is 0 Å². The van der Waals surface area contributed by atoms with Gasteiger partial charge in [-0.25, -0.2) is 0 Å². The van der Waals surface area contributed by atoms with Gasteiger partial charge >= 0.3 is 6.18 Å². The van der Waals surface area contributed by atoms with Gasteiger partial charge in [-0.15, -0.1) is 0 Å². The lowest BCUT2D eigenvalue weighted by atomic mass is 10.0. The van der Waals surface area contributed by atoms with Crippen molar-refractivity contribution < 1.29 is 17.9 Å². The molecule has 5 heteroatoms. The topological polar surface area (TPSA) is 35.2 Å². The van der Waals surface area contributed by atoms with Crippen LogP contribution in [0.2, 0.25) is 0 Å². The van der Waals surface area contributed by atoms with Gasteiger partial charge in [0.2, 0.25) is 0 Å². The summed E-state index contributed by atoms with van der Waals surface area (Å²) in [6, 6.07) is -0.0686. The van der Waals surface area contributed by atoms with E-state index < -0.39 is 12.6 Å². The summed E-state index contributed by atoms with van der Waals surface area (Å²) < 4.78 is 41.0. The van der Waals surface area contributed by atoms with Crippen molar-refractivity contribution in [2.75, 3.05) is 6.61 Å². The molecule has 0 radical (unpaired) electrons. The molecule has 0 amide bonds. The molecule has 0 aliphatic carbocycles. The molecule has 0 fully saturated rings. The second kappa shape index (κ2) is 7.90. The lowest BCUT2D eigenvalue weighted by molar-refractivity contribution is -0.139. The fourth-order valence-corrected chi connectivity index (χ4v) is 1.57. The van der Waals surface area contributed by atoms with E-state index in [0.29, 0.717) is 0 Å². The van der Waals surface area contributed by atoms with Crippen LogP contribution >= 0.6 is 0 Å². The maximum Gasteiger partial charge on any atom is 0.389 e. The Kier molecular flexibility index (Phi) is 7.76. The standard InChI is InChI=1S/C11H22F3NO/c1-3-6-9(15)10(4-2)16-8-5-7-11(12,13)14/h9-10H,3-8,15H2,1-2H3. The van der Waals surface area contributed by atoms with E-state index in [2.05, 4.69) is 0 Å². The van der Waals surface area contributed by atoms with Crippen molar-refractivity contribution in [3.05, 3.63) is 0 Å². The Morgan fingerprint density at radius 1 is 1.25 bits per heavy atom. The van der Waals surface area contributed by atoms with Gasteiger partial charge in [-0.3, -0.25) is 0 Å². The number of hydrogen-bond acceptors (Lipinski definition) is 2. The molecular formula is C11H22F3NO. The number of nitrogens with two attached hydrogens (primary N) is 1. The lowest BCUT2D eigenvalue weighted by Gasteiger charge is -2.22. The van der Waals surface area contributed by atoms with Crippen molar-refractivity contribution in [1.82, 2.24) is 0 Å². The number of halogens is 3. The molecule has 0 rings (SSSR count). The third-order valence-corrected chi connectivity index (χ3v) is 2.44. The molecule has 0 aliphatic heterocycles. The van der Waals surface area contributed by atoms with Crippen LogP contribution < -0.4 is 5.73 Å². The zero-order chi connectivity index (χ0) is 12.6. The van der Waals surface area contributed by atoms with Gasteiger partial charge in [0, 0.05) is 19.1 Å². The number of ether oxygens (including phenoxy) is 1. The van der Waals surface area contributed by atoms with Crippen LogP contribution in [0.1, 0.15) is 46.0 Å². The van der Waals surface area contributed by atoms with Gasteiger partial charge in [0.25, 0.3) is 0 Å². The molecule has 2 N–H and O–H groups in total. The first-order valence-electron chi connectivity index (χ1n) is 5.84. The minimum absolute atomic E-state index is 0.0127. The van der Waals surface area contributed by atoms with Crippen LogP contribution in [0.5, 0.6) is 0 Å². The third-order valence-electron chi connectivity index (χ3n) is 2.44. The van der Waals surface area contributed by atoms with E-state index in [1.54, 1.807) is 0 Å². The number of rotatable bonds is 8. The van der Waals surface area contributed by atoms with Crippen molar-refractivity contribution >= 4 is 0 Å². The highest BCUT2D eigenvalue weighted by molar-refractivity contribution is 4.71. The average Bonchev–Trinajstić information content (AvgIpc) is 2.16. The summed E-state index contributed by atoms with van der Waals surface area (Å²) in [5, 5.41) is 0. The maximum atomic E-state index is 11.9. The first-order valence-corrected chi connectivity index (χ1v) is 5.84. The summed E-state index contributed by atoms with van der Waals surface area (Å²) in [6.07, 6.45) is -2.43. The zero-order valence-corrected chi connectivity index (χ0v) is 10.0. The Bertz CT molecular complexity index is 173. The van der Waals surface area contributed by atoms with Crippen molar-refractivity contribution in [3.8, 4) is 0 Å². The largest absolute Gasteiger partial charge is 0.389 e. The highest BCUT2D eigenvalue weighted by Crippen LogP contribution is 2.21. The monoisotopic (exact) mass is 241 g/mol. The molecule has 0 aromatic rings. The Labute approximate surface area is 95.3 Å². The van der Waals surface area contributed by atoms with E-state index in [9.17, 15) is 13.2 Å². The van der Waals surface area contributed by atoms with Crippen LogP contribution in [-0.2, 0) is 4.74 Å². The highest BCUT2D eigenvalue weighted by atomic mass is 19.4. The van der Waals surface area contributed by atoms with E-state index in [0.717, 1.165) is 19.3 Å². The summed E-state index contributed by atoms with van der Waals surface area (Å²) >= 11 is 0. The van der Waals surface area contributed by atoms with Crippen molar-refractivity contribution in [2.45, 2.75) is 64.3 Å². The number of alkyl halides is 3. The van der Waals surface area contributed by atoms with Gasteiger partial charge in [0.15, 0.2) is 0 Å². The number of hydrogen-bond donors (Lipinski definition) is 1. The molecule has 0 bridgehead atoms. The fourth-order valence-electron chi connectivity index (χ4n) is 1.57. The molecule has 0 aromatic carbocycles. The average molecular weight is 241 g/mol. The minimum Gasteiger partial charge on any atom is -0.377 e. The lowest BCUT2D eigenvalue weighted by Crippen LogP contribution is -2.36. The van der Waals surface area contributed by atoms with Gasteiger partial charge < -0.3 is 10.5 Å². The Balaban J connectivity index is 3.71.